The second-order valence-corrected chi connectivity index (χ2v) is 9.59. The molecule has 2 aromatic carbocycles. The third kappa shape index (κ3) is 6.33. The van der Waals surface area contributed by atoms with Crippen molar-refractivity contribution >= 4 is 11.5 Å². The van der Waals surface area contributed by atoms with Crippen LogP contribution in [0.15, 0.2) is 79.1 Å². The monoisotopic (exact) mass is 513 g/mol. The van der Waals surface area contributed by atoms with Crippen molar-refractivity contribution in [3.63, 3.8) is 0 Å². The first-order valence-corrected chi connectivity index (χ1v) is 13.0. The predicted octanol–water partition coefficient (Wildman–Crippen LogP) is 4.21. The summed E-state index contributed by atoms with van der Waals surface area (Å²) in [6.45, 7) is 4.69. The van der Waals surface area contributed by atoms with E-state index in [1.807, 2.05) is 6.07 Å². The van der Waals surface area contributed by atoms with E-state index in [2.05, 4.69) is 49.8 Å². The van der Waals surface area contributed by atoms with Crippen molar-refractivity contribution < 1.29 is 14.3 Å². The molecule has 1 N–H and O–H groups in total. The summed E-state index contributed by atoms with van der Waals surface area (Å²) in [4.78, 5) is 26.4. The summed E-state index contributed by atoms with van der Waals surface area (Å²) >= 11 is 0. The number of anilines is 1. The van der Waals surface area contributed by atoms with E-state index in [4.69, 9.17) is 4.98 Å². The third-order valence-corrected chi connectivity index (χ3v) is 6.93. The number of para-hydroxylation sites is 1. The van der Waals surface area contributed by atoms with Crippen LogP contribution >= 0.6 is 0 Å². The molecule has 5 rings (SSSR count). The number of carbonyl (C=O) groups is 1. The Morgan fingerprint density at radius 2 is 1.79 bits per heavy atom. The molecule has 0 atom stereocenters. The lowest BCUT2D eigenvalue weighted by atomic mass is 10.1. The van der Waals surface area contributed by atoms with E-state index in [0.717, 1.165) is 43.9 Å². The molecule has 7 nitrogen and oxygen atoms in total. The first kappa shape index (κ1) is 25.8. The topological polar surface area (TPSA) is 74.5 Å². The summed E-state index contributed by atoms with van der Waals surface area (Å²) < 4.78 is 15.4. The standard InChI is InChI=1S/C30H32FN5O2/c31-25-9-7-23(8-10-25)12-16-36-21-26(33-30(36)28-19-24(11-13-32-28)29(38)22-37)20-34-14-4-15-35(18-17-34)27-5-2-1-3-6-27/h1-3,5-11,13,19,21,37H,4,12,14-18,20,22H2. The Morgan fingerprint density at radius 3 is 2.58 bits per heavy atom. The molecule has 0 aliphatic carbocycles. The number of aliphatic hydroxyl groups is 1. The van der Waals surface area contributed by atoms with E-state index < -0.39 is 6.61 Å². The van der Waals surface area contributed by atoms with Gasteiger partial charge in [-0.2, -0.15) is 0 Å². The summed E-state index contributed by atoms with van der Waals surface area (Å²) in [6, 6.07) is 20.3. The maximum absolute atomic E-state index is 13.4. The smallest absolute Gasteiger partial charge is 0.188 e. The normalized spacial score (nSPS) is 14.4. The number of imidazole rings is 1. The molecule has 196 valence electrons. The van der Waals surface area contributed by atoms with Crippen molar-refractivity contribution in [1.29, 1.82) is 0 Å². The Bertz CT molecular complexity index is 1360. The molecule has 0 radical (unpaired) electrons. The van der Waals surface area contributed by atoms with Gasteiger partial charge in [0.2, 0.25) is 0 Å². The van der Waals surface area contributed by atoms with Crippen molar-refractivity contribution in [3.05, 3.63) is 102 Å². The van der Waals surface area contributed by atoms with E-state index in [-0.39, 0.29) is 11.6 Å². The molecule has 8 heteroatoms. The van der Waals surface area contributed by atoms with E-state index >= 15 is 0 Å². The minimum atomic E-state index is -0.553. The van der Waals surface area contributed by atoms with Crippen LogP contribution in [-0.2, 0) is 19.5 Å². The van der Waals surface area contributed by atoms with Crippen LogP contribution in [0.5, 0.6) is 0 Å². The molecule has 0 bridgehead atoms. The Balaban J connectivity index is 1.35. The zero-order valence-electron chi connectivity index (χ0n) is 21.3. The van der Waals surface area contributed by atoms with Gasteiger partial charge in [0.25, 0.3) is 0 Å². The van der Waals surface area contributed by atoms with E-state index in [1.165, 1.54) is 17.8 Å². The number of Topliss-reactive ketones (excluding diaryl/α,β-unsaturated/α-hetero) is 1. The van der Waals surface area contributed by atoms with Crippen LogP contribution in [-0.4, -0.2) is 63.1 Å². The zero-order valence-corrected chi connectivity index (χ0v) is 21.3. The predicted molar refractivity (Wildman–Crippen MR) is 146 cm³/mol. The summed E-state index contributed by atoms with van der Waals surface area (Å²) in [5.41, 5.74) is 4.21. The first-order valence-electron chi connectivity index (χ1n) is 13.0. The van der Waals surface area contributed by atoms with Crippen LogP contribution in [0.1, 0.15) is 28.0 Å². The van der Waals surface area contributed by atoms with Crippen molar-refractivity contribution in [2.45, 2.75) is 25.9 Å². The Hall–Kier alpha value is -3.88. The van der Waals surface area contributed by atoms with Crippen molar-refractivity contribution in [3.8, 4) is 11.5 Å². The maximum atomic E-state index is 13.4. The molecule has 0 spiro atoms. The van der Waals surface area contributed by atoms with Crippen molar-refractivity contribution in [2.24, 2.45) is 0 Å². The number of hydrogen-bond donors (Lipinski definition) is 1. The summed E-state index contributed by atoms with van der Waals surface area (Å²) in [5.74, 6) is 0.0680. The van der Waals surface area contributed by atoms with Gasteiger partial charge in [0.1, 0.15) is 18.1 Å². The fraction of sp³-hybridized carbons (Fsp3) is 0.300. The molecule has 3 heterocycles. The van der Waals surface area contributed by atoms with Gasteiger partial charge in [-0.1, -0.05) is 30.3 Å². The molecule has 4 aromatic rings. The summed E-state index contributed by atoms with van der Waals surface area (Å²) in [6.07, 6.45) is 5.40. The first-order chi connectivity index (χ1) is 18.6. The van der Waals surface area contributed by atoms with Gasteiger partial charge in [0, 0.05) is 62.9 Å². The Morgan fingerprint density at radius 1 is 0.974 bits per heavy atom. The van der Waals surface area contributed by atoms with Gasteiger partial charge in [-0.15, -0.1) is 0 Å². The van der Waals surface area contributed by atoms with Crippen molar-refractivity contribution in [2.75, 3.05) is 37.7 Å². The Labute approximate surface area is 222 Å². The number of aryl methyl sites for hydroxylation is 2. The number of aromatic nitrogens is 3. The van der Waals surface area contributed by atoms with Crippen LogP contribution in [0.25, 0.3) is 11.5 Å². The highest BCUT2D eigenvalue weighted by Gasteiger charge is 2.19. The van der Waals surface area contributed by atoms with Crippen LogP contribution in [0, 0.1) is 5.82 Å². The van der Waals surface area contributed by atoms with Crippen molar-refractivity contribution in [1.82, 2.24) is 19.4 Å². The van der Waals surface area contributed by atoms with Gasteiger partial charge in [-0.05, 0) is 54.8 Å². The molecule has 2 aromatic heterocycles. The minimum absolute atomic E-state index is 0.253. The number of rotatable bonds is 9. The largest absolute Gasteiger partial charge is 0.388 e. The van der Waals surface area contributed by atoms with E-state index in [0.29, 0.717) is 36.6 Å². The fourth-order valence-corrected chi connectivity index (χ4v) is 4.89. The molecule has 1 fully saturated rings. The number of ketones is 1. The maximum Gasteiger partial charge on any atom is 0.188 e. The highest BCUT2D eigenvalue weighted by molar-refractivity contribution is 5.97. The molecular formula is C30H32FN5O2. The Kier molecular flexibility index (Phi) is 8.21. The SMILES string of the molecule is O=C(CO)c1ccnc(-c2nc(CN3CCCN(c4ccccc4)CC3)cn2CCc2ccc(F)cc2)c1. The fourth-order valence-electron chi connectivity index (χ4n) is 4.89. The van der Waals surface area contributed by atoms with Crippen LogP contribution < -0.4 is 4.90 Å². The number of nitrogens with zero attached hydrogens (tertiary/aromatic N) is 5. The van der Waals surface area contributed by atoms with E-state index in [1.54, 1.807) is 30.5 Å². The number of benzene rings is 2. The molecular weight excluding hydrogens is 481 g/mol. The number of aliphatic hydroxyl groups excluding tert-OH is 1. The molecule has 0 amide bonds. The average Bonchev–Trinajstić information content (AvgIpc) is 3.21. The lowest BCUT2D eigenvalue weighted by Gasteiger charge is -2.23. The van der Waals surface area contributed by atoms with Gasteiger partial charge in [0.15, 0.2) is 11.6 Å². The number of halogens is 1. The zero-order chi connectivity index (χ0) is 26.3. The molecule has 0 saturated carbocycles. The third-order valence-electron chi connectivity index (χ3n) is 6.93. The molecule has 1 saturated heterocycles. The highest BCUT2D eigenvalue weighted by atomic mass is 19.1. The van der Waals surface area contributed by atoms with Gasteiger partial charge < -0.3 is 14.6 Å². The average molecular weight is 514 g/mol. The quantitative estimate of drug-likeness (QED) is 0.338. The van der Waals surface area contributed by atoms with E-state index in [9.17, 15) is 14.3 Å². The summed E-state index contributed by atoms with van der Waals surface area (Å²) in [5, 5.41) is 9.31. The molecule has 0 unspecified atom stereocenters. The lowest BCUT2D eigenvalue weighted by molar-refractivity contribution is 0.0903. The highest BCUT2D eigenvalue weighted by Crippen LogP contribution is 2.22. The number of carbonyl (C=O) groups excluding carboxylic acids is 1. The molecule has 1 aliphatic heterocycles. The minimum Gasteiger partial charge on any atom is -0.388 e. The number of hydrogen-bond acceptors (Lipinski definition) is 6. The summed E-state index contributed by atoms with van der Waals surface area (Å²) in [7, 11) is 0. The van der Waals surface area contributed by atoms with Gasteiger partial charge in [-0.25, -0.2) is 9.37 Å². The van der Waals surface area contributed by atoms with Gasteiger partial charge >= 0.3 is 0 Å². The molecule has 38 heavy (non-hydrogen) atoms. The number of pyridine rings is 1. The lowest BCUT2D eigenvalue weighted by Crippen LogP contribution is -2.30. The second kappa shape index (κ2) is 12.1. The van der Waals surface area contributed by atoms with Crippen LogP contribution in [0.3, 0.4) is 0 Å². The van der Waals surface area contributed by atoms with Gasteiger partial charge in [0.05, 0.1) is 5.69 Å². The molecule has 1 aliphatic rings. The van der Waals surface area contributed by atoms with Crippen LogP contribution in [0.2, 0.25) is 0 Å². The van der Waals surface area contributed by atoms with Gasteiger partial charge in [-0.3, -0.25) is 14.7 Å². The second-order valence-electron chi connectivity index (χ2n) is 9.59. The van der Waals surface area contributed by atoms with Crippen LogP contribution in [0.4, 0.5) is 10.1 Å².